The van der Waals surface area contributed by atoms with Crippen LogP contribution in [-0.4, -0.2) is 43.0 Å². The molecule has 0 bridgehead atoms. The number of aromatic nitrogens is 1. The number of likely N-dealkylation sites (N-methyl/N-ethyl adjacent to an activating group) is 1. The van der Waals surface area contributed by atoms with Crippen LogP contribution in [0.1, 0.15) is 12.6 Å². The molecule has 0 spiro atoms. The summed E-state index contributed by atoms with van der Waals surface area (Å²) in [6, 6.07) is 5.84. The van der Waals surface area contributed by atoms with E-state index in [2.05, 4.69) is 10.3 Å². The predicted molar refractivity (Wildman–Crippen MR) is 68.7 cm³/mol. The van der Waals surface area contributed by atoms with Crippen molar-refractivity contribution in [1.82, 2.24) is 15.2 Å². The quantitative estimate of drug-likeness (QED) is 0.798. The predicted octanol–water partition coefficient (Wildman–Crippen LogP) is 0.938. The highest BCUT2D eigenvalue weighted by Crippen LogP contribution is 2.02. The van der Waals surface area contributed by atoms with Gasteiger partial charge in [-0.1, -0.05) is 13.0 Å². The molecule has 0 saturated carbocycles. The first-order valence-corrected chi connectivity index (χ1v) is 5.94. The molecule has 0 aromatic carbocycles. The van der Waals surface area contributed by atoms with E-state index < -0.39 is 0 Å². The fourth-order valence-electron chi connectivity index (χ4n) is 1.71. The molecule has 1 aromatic rings. The third-order valence-electron chi connectivity index (χ3n) is 2.74. The molecule has 17 heavy (non-hydrogen) atoms. The number of rotatable bonds is 6. The maximum atomic E-state index is 11.9. The number of carbonyl (C=O) groups is 1. The molecule has 1 unspecified atom stereocenters. The Morgan fingerprint density at radius 2 is 2.29 bits per heavy atom. The highest BCUT2D eigenvalue weighted by molar-refractivity contribution is 5.78. The molecule has 1 N–H and O–H groups in total. The molecule has 1 rings (SSSR count). The van der Waals surface area contributed by atoms with Crippen LogP contribution in [0.2, 0.25) is 0 Å². The molecule has 0 fully saturated rings. The topological polar surface area (TPSA) is 45.2 Å². The molecule has 4 heteroatoms. The summed E-state index contributed by atoms with van der Waals surface area (Å²) in [5.74, 6) is 0.198. The fraction of sp³-hybridized carbons (Fsp3) is 0.538. The Balaban J connectivity index is 2.39. The maximum absolute atomic E-state index is 11.9. The van der Waals surface area contributed by atoms with Gasteiger partial charge in [0.05, 0.1) is 0 Å². The minimum atomic E-state index is 0.0220. The van der Waals surface area contributed by atoms with Crippen molar-refractivity contribution in [2.75, 3.05) is 27.2 Å². The Bertz CT molecular complexity index is 340. The summed E-state index contributed by atoms with van der Waals surface area (Å²) in [6.45, 7) is 3.37. The molecular formula is C13H21N3O. The van der Waals surface area contributed by atoms with Crippen molar-refractivity contribution in [2.45, 2.75) is 13.3 Å². The van der Waals surface area contributed by atoms with Crippen LogP contribution in [0.15, 0.2) is 24.4 Å². The third-order valence-corrected chi connectivity index (χ3v) is 2.74. The summed E-state index contributed by atoms with van der Waals surface area (Å²) in [6.07, 6.45) is 2.58. The Hall–Kier alpha value is -1.42. The summed E-state index contributed by atoms with van der Waals surface area (Å²) in [4.78, 5) is 17.9. The first kappa shape index (κ1) is 13.6. The van der Waals surface area contributed by atoms with E-state index in [4.69, 9.17) is 0 Å². The zero-order valence-electron chi connectivity index (χ0n) is 10.8. The molecule has 0 radical (unpaired) electrons. The molecule has 0 aliphatic rings. The van der Waals surface area contributed by atoms with E-state index in [0.29, 0.717) is 13.1 Å². The molecule has 1 amide bonds. The van der Waals surface area contributed by atoms with Crippen molar-refractivity contribution < 1.29 is 4.79 Å². The standard InChI is InChI=1S/C13H21N3O/c1-11(10-14-2)13(17)16(3)9-7-12-6-4-5-8-15-12/h4-6,8,11,14H,7,9-10H2,1-3H3. The van der Waals surface area contributed by atoms with Crippen LogP contribution in [0.3, 0.4) is 0 Å². The van der Waals surface area contributed by atoms with Gasteiger partial charge in [-0.3, -0.25) is 9.78 Å². The summed E-state index contributed by atoms with van der Waals surface area (Å²) in [5.41, 5.74) is 1.02. The molecule has 0 aliphatic heterocycles. The second-order valence-corrected chi connectivity index (χ2v) is 4.29. The van der Waals surface area contributed by atoms with Gasteiger partial charge in [-0.2, -0.15) is 0 Å². The zero-order chi connectivity index (χ0) is 12.7. The van der Waals surface area contributed by atoms with Gasteiger partial charge in [0.1, 0.15) is 0 Å². The number of hydrogen-bond donors (Lipinski definition) is 1. The first-order chi connectivity index (χ1) is 8.15. The molecule has 4 nitrogen and oxygen atoms in total. The second kappa shape index (κ2) is 7.01. The van der Waals surface area contributed by atoms with Gasteiger partial charge in [-0.05, 0) is 19.2 Å². The number of nitrogens with zero attached hydrogens (tertiary/aromatic N) is 2. The van der Waals surface area contributed by atoms with Crippen molar-refractivity contribution in [3.8, 4) is 0 Å². The number of pyridine rings is 1. The van der Waals surface area contributed by atoms with Crippen LogP contribution in [0, 0.1) is 5.92 Å². The lowest BCUT2D eigenvalue weighted by Crippen LogP contribution is -2.37. The van der Waals surface area contributed by atoms with Gasteiger partial charge in [0.15, 0.2) is 0 Å². The maximum Gasteiger partial charge on any atom is 0.226 e. The molecule has 1 atom stereocenters. The van der Waals surface area contributed by atoms with Gasteiger partial charge in [-0.25, -0.2) is 0 Å². The molecular weight excluding hydrogens is 214 g/mol. The number of amides is 1. The fourth-order valence-corrected chi connectivity index (χ4v) is 1.71. The van der Waals surface area contributed by atoms with Crippen LogP contribution in [0.5, 0.6) is 0 Å². The van der Waals surface area contributed by atoms with Gasteiger partial charge in [0.2, 0.25) is 5.91 Å². The van der Waals surface area contributed by atoms with Crippen LogP contribution < -0.4 is 5.32 Å². The first-order valence-electron chi connectivity index (χ1n) is 5.94. The summed E-state index contributed by atoms with van der Waals surface area (Å²) in [7, 11) is 3.70. The summed E-state index contributed by atoms with van der Waals surface area (Å²) in [5, 5.41) is 3.02. The van der Waals surface area contributed by atoms with E-state index in [1.807, 2.05) is 39.2 Å². The van der Waals surface area contributed by atoms with E-state index in [1.165, 1.54) is 0 Å². The van der Waals surface area contributed by atoms with Gasteiger partial charge in [0.25, 0.3) is 0 Å². The minimum absolute atomic E-state index is 0.0220. The normalized spacial score (nSPS) is 12.2. The monoisotopic (exact) mass is 235 g/mol. The Morgan fingerprint density at radius 3 is 2.88 bits per heavy atom. The van der Waals surface area contributed by atoms with Crippen molar-refractivity contribution in [2.24, 2.45) is 5.92 Å². The van der Waals surface area contributed by atoms with Crippen molar-refractivity contribution in [1.29, 1.82) is 0 Å². The lowest BCUT2D eigenvalue weighted by atomic mass is 10.1. The van der Waals surface area contributed by atoms with Crippen LogP contribution in [0.25, 0.3) is 0 Å². The SMILES string of the molecule is CNCC(C)C(=O)N(C)CCc1ccccn1. The van der Waals surface area contributed by atoms with Crippen LogP contribution in [0.4, 0.5) is 0 Å². The van der Waals surface area contributed by atoms with Crippen LogP contribution in [-0.2, 0) is 11.2 Å². The number of hydrogen-bond acceptors (Lipinski definition) is 3. The van der Waals surface area contributed by atoms with Crippen molar-refractivity contribution >= 4 is 5.91 Å². The lowest BCUT2D eigenvalue weighted by molar-refractivity contribution is -0.133. The van der Waals surface area contributed by atoms with Gasteiger partial charge in [0, 0.05) is 44.4 Å². The van der Waals surface area contributed by atoms with Gasteiger partial charge in [-0.15, -0.1) is 0 Å². The third kappa shape index (κ3) is 4.53. The Morgan fingerprint density at radius 1 is 1.53 bits per heavy atom. The molecule has 1 heterocycles. The minimum Gasteiger partial charge on any atom is -0.345 e. The van der Waals surface area contributed by atoms with E-state index >= 15 is 0 Å². The van der Waals surface area contributed by atoms with E-state index in [1.54, 1.807) is 11.1 Å². The zero-order valence-corrected chi connectivity index (χ0v) is 10.8. The highest BCUT2D eigenvalue weighted by Gasteiger charge is 2.16. The largest absolute Gasteiger partial charge is 0.345 e. The van der Waals surface area contributed by atoms with Gasteiger partial charge < -0.3 is 10.2 Å². The number of nitrogens with one attached hydrogen (secondary N) is 1. The van der Waals surface area contributed by atoms with E-state index in [0.717, 1.165) is 12.1 Å². The smallest absolute Gasteiger partial charge is 0.226 e. The Labute approximate surface area is 103 Å². The molecule has 0 aliphatic carbocycles. The average molecular weight is 235 g/mol. The molecule has 1 aromatic heterocycles. The average Bonchev–Trinajstić information content (AvgIpc) is 2.36. The van der Waals surface area contributed by atoms with Crippen molar-refractivity contribution in [3.05, 3.63) is 30.1 Å². The van der Waals surface area contributed by atoms with E-state index in [9.17, 15) is 4.79 Å². The Kier molecular flexibility index (Phi) is 5.63. The highest BCUT2D eigenvalue weighted by atomic mass is 16.2. The van der Waals surface area contributed by atoms with Crippen LogP contribution >= 0.6 is 0 Å². The second-order valence-electron chi connectivity index (χ2n) is 4.29. The lowest BCUT2D eigenvalue weighted by Gasteiger charge is -2.21. The van der Waals surface area contributed by atoms with E-state index in [-0.39, 0.29) is 11.8 Å². The molecule has 94 valence electrons. The summed E-state index contributed by atoms with van der Waals surface area (Å²) >= 11 is 0. The van der Waals surface area contributed by atoms with Gasteiger partial charge >= 0.3 is 0 Å². The molecule has 0 saturated heterocycles. The summed E-state index contributed by atoms with van der Waals surface area (Å²) < 4.78 is 0. The van der Waals surface area contributed by atoms with Crippen molar-refractivity contribution in [3.63, 3.8) is 0 Å². The number of carbonyl (C=O) groups excluding carboxylic acids is 1.